The third kappa shape index (κ3) is 15.5. The minimum atomic E-state index is -1.53. The van der Waals surface area contributed by atoms with E-state index >= 15 is 0 Å². The summed E-state index contributed by atoms with van der Waals surface area (Å²) < 4.78 is 37.6. The molecule has 0 radical (unpaired) electrons. The summed E-state index contributed by atoms with van der Waals surface area (Å²) in [4.78, 5) is 0. The minimum Gasteiger partial charge on any atom is -0.216 e. The second kappa shape index (κ2) is 12.1. The van der Waals surface area contributed by atoms with Crippen LogP contribution in [-0.4, -0.2) is 0 Å². The zero-order valence-electron chi connectivity index (χ0n) is 25.4. The van der Waals surface area contributed by atoms with Crippen molar-refractivity contribution < 1.29 is 13.2 Å². The first-order valence-electron chi connectivity index (χ1n) is 12.0. The van der Waals surface area contributed by atoms with Gasteiger partial charge in [-0.3, -0.25) is 0 Å². The number of hydrogen-bond acceptors (Lipinski definition) is 0. The van der Waals surface area contributed by atoms with Gasteiger partial charge < -0.3 is 0 Å². The van der Waals surface area contributed by atoms with Crippen LogP contribution in [0, 0.1) is 32.5 Å². The van der Waals surface area contributed by atoms with Crippen molar-refractivity contribution in [3.05, 3.63) is 35.7 Å². The van der Waals surface area contributed by atoms with Gasteiger partial charge in [0.2, 0.25) is 0 Å². The molecule has 0 heterocycles. The van der Waals surface area contributed by atoms with Crippen molar-refractivity contribution in [1.29, 1.82) is 0 Å². The quantitative estimate of drug-likeness (QED) is 0.306. The van der Waals surface area contributed by atoms with Crippen LogP contribution in [0.2, 0.25) is 0 Å². The molecular weight excluding hydrogens is 417 g/mol. The van der Waals surface area contributed by atoms with Crippen molar-refractivity contribution in [2.24, 2.45) is 32.5 Å². The fourth-order valence-electron chi connectivity index (χ4n) is 4.27. The van der Waals surface area contributed by atoms with Gasteiger partial charge >= 0.3 is 0 Å². The molecule has 0 amide bonds. The van der Waals surface area contributed by atoms with Crippen molar-refractivity contribution in [3.63, 3.8) is 0 Å². The Labute approximate surface area is 206 Å². The van der Waals surface area contributed by atoms with Gasteiger partial charge in [-0.2, -0.15) is 8.78 Å². The van der Waals surface area contributed by atoms with Crippen LogP contribution in [0.25, 0.3) is 0 Å². The first-order valence-corrected chi connectivity index (χ1v) is 12.0. The second-order valence-electron chi connectivity index (χ2n) is 15.1. The van der Waals surface area contributed by atoms with Gasteiger partial charge in [-0.25, -0.2) is 4.39 Å². The molecular formula is C30H57F3. The van der Waals surface area contributed by atoms with Crippen LogP contribution in [0.4, 0.5) is 13.2 Å². The smallest absolute Gasteiger partial charge is 0.216 e. The van der Waals surface area contributed by atoms with Crippen molar-refractivity contribution in [2.45, 2.75) is 125 Å². The lowest BCUT2D eigenvalue weighted by molar-refractivity contribution is 0.296. The van der Waals surface area contributed by atoms with Crippen LogP contribution in [0.15, 0.2) is 35.7 Å². The largest absolute Gasteiger partial charge is 0.270 e. The van der Waals surface area contributed by atoms with Gasteiger partial charge in [0.05, 0.1) is 6.33 Å². The summed E-state index contributed by atoms with van der Waals surface area (Å²) in [7, 11) is 0. The fourth-order valence-corrected chi connectivity index (χ4v) is 4.27. The highest BCUT2D eigenvalue weighted by Gasteiger charge is 2.32. The Bertz CT molecular complexity index is 611. The Morgan fingerprint density at radius 2 is 0.727 bits per heavy atom. The third-order valence-electron chi connectivity index (χ3n) is 5.22. The minimum absolute atomic E-state index is 0.0625. The molecule has 0 fully saturated rings. The molecule has 0 atom stereocenters. The van der Waals surface area contributed by atoms with Crippen molar-refractivity contribution >= 4 is 0 Å². The summed E-state index contributed by atoms with van der Waals surface area (Å²) >= 11 is 0. The maximum atomic E-state index is 12.6. The first kappa shape index (κ1) is 36.6. The summed E-state index contributed by atoms with van der Waals surface area (Å²) in [6.45, 7) is 40.4. The lowest BCUT2D eigenvalue weighted by Crippen LogP contribution is -2.23. The Hall–Kier alpha value is -0.990. The van der Waals surface area contributed by atoms with Crippen LogP contribution in [0.1, 0.15) is 125 Å². The summed E-state index contributed by atoms with van der Waals surface area (Å²) in [5.74, 6) is 0. The monoisotopic (exact) mass is 474 g/mol. The second-order valence-corrected chi connectivity index (χ2v) is 15.1. The molecule has 0 aromatic rings. The maximum absolute atomic E-state index is 12.6. The molecule has 0 aliphatic heterocycles. The molecule has 0 nitrogen and oxygen atoms in total. The Morgan fingerprint density at radius 3 is 0.727 bits per heavy atom. The van der Waals surface area contributed by atoms with E-state index in [0.717, 1.165) is 11.9 Å². The lowest BCUT2D eigenvalue weighted by atomic mass is 9.72. The highest BCUT2D eigenvalue weighted by molar-refractivity contribution is 5.18. The zero-order valence-corrected chi connectivity index (χ0v) is 25.4. The van der Waals surface area contributed by atoms with Crippen LogP contribution in [0.3, 0.4) is 0 Å². The molecule has 0 rings (SSSR count). The van der Waals surface area contributed by atoms with E-state index in [2.05, 4.69) is 48.1 Å². The van der Waals surface area contributed by atoms with E-state index in [4.69, 9.17) is 0 Å². The molecule has 0 bridgehead atoms. The number of halogens is 3. The van der Waals surface area contributed by atoms with E-state index in [1.165, 1.54) is 5.57 Å². The lowest BCUT2D eigenvalue weighted by Gasteiger charge is -2.32. The summed E-state index contributed by atoms with van der Waals surface area (Å²) in [6, 6.07) is 0. The van der Waals surface area contributed by atoms with Crippen molar-refractivity contribution in [1.82, 2.24) is 0 Å². The molecule has 0 aromatic heterocycles. The van der Waals surface area contributed by atoms with E-state index in [-0.39, 0.29) is 27.2 Å². The van der Waals surface area contributed by atoms with E-state index in [1.807, 2.05) is 83.1 Å². The molecule has 0 aliphatic carbocycles. The van der Waals surface area contributed by atoms with Crippen LogP contribution >= 0.6 is 0 Å². The predicted octanol–water partition coefficient (Wildman–Crippen LogP) is 11.8. The molecule has 198 valence electrons. The zero-order chi connectivity index (χ0) is 28.0. The normalized spacial score (nSPS) is 13.1. The topological polar surface area (TPSA) is 0 Å². The molecule has 0 saturated heterocycles. The molecule has 0 spiro atoms. The average molecular weight is 475 g/mol. The molecule has 0 aromatic carbocycles. The standard InChI is InChI=1S/C10H18F2.C10H19F.C10H20/c1-9(2,3)7(8(11)12)10(4,5)6;1-9(2,3)8(7-11)10(4,5)6;1-8(9(2,3)4)10(5,6)7/h1-6H3;7H,1-6H3;1H2,2-7H3. The van der Waals surface area contributed by atoms with Crippen LogP contribution in [-0.2, 0) is 0 Å². The molecule has 3 heteroatoms. The Morgan fingerprint density at radius 1 is 0.485 bits per heavy atom. The van der Waals surface area contributed by atoms with E-state index in [9.17, 15) is 13.2 Å². The van der Waals surface area contributed by atoms with Crippen LogP contribution in [0.5, 0.6) is 0 Å². The molecule has 0 aliphatic rings. The molecule has 0 unspecified atom stereocenters. The third-order valence-corrected chi connectivity index (χ3v) is 5.22. The van der Waals surface area contributed by atoms with E-state index < -0.39 is 16.9 Å². The highest BCUT2D eigenvalue weighted by atomic mass is 19.3. The summed E-state index contributed by atoms with van der Waals surface area (Å²) in [5.41, 5.74) is 1.91. The fraction of sp³-hybridized carbons (Fsp3) is 0.800. The number of rotatable bonds is 0. The van der Waals surface area contributed by atoms with Gasteiger partial charge in [-0.05, 0) is 38.1 Å². The first-order chi connectivity index (χ1) is 13.9. The van der Waals surface area contributed by atoms with E-state index in [1.54, 1.807) is 0 Å². The van der Waals surface area contributed by atoms with Gasteiger partial charge in [0.1, 0.15) is 0 Å². The van der Waals surface area contributed by atoms with Gasteiger partial charge in [-0.1, -0.05) is 137 Å². The maximum Gasteiger partial charge on any atom is 0.270 e. The SMILES string of the molecule is C=C(C(C)(C)C)C(C)(C)C.CC(C)(C)C(=C(F)F)C(C)(C)C.CC(C)(C)C(=CF)C(C)(C)C. The van der Waals surface area contributed by atoms with Gasteiger partial charge in [0.15, 0.2) is 0 Å². The predicted molar refractivity (Wildman–Crippen MR) is 144 cm³/mol. The number of allylic oxidation sites excluding steroid dienone is 3. The summed E-state index contributed by atoms with van der Waals surface area (Å²) in [5, 5.41) is 0. The van der Waals surface area contributed by atoms with Gasteiger partial charge in [-0.15, -0.1) is 0 Å². The Kier molecular flexibility index (Phi) is 13.4. The average Bonchev–Trinajstić information content (AvgIpc) is 2.38. The van der Waals surface area contributed by atoms with E-state index in [0.29, 0.717) is 0 Å². The van der Waals surface area contributed by atoms with Crippen LogP contribution < -0.4 is 0 Å². The highest BCUT2D eigenvalue weighted by Crippen LogP contribution is 2.42. The van der Waals surface area contributed by atoms with Crippen molar-refractivity contribution in [3.8, 4) is 0 Å². The molecule has 0 N–H and O–H groups in total. The Balaban J connectivity index is -0.000000411. The molecule has 0 saturated carbocycles. The van der Waals surface area contributed by atoms with Gasteiger partial charge in [0.25, 0.3) is 6.08 Å². The van der Waals surface area contributed by atoms with Gasteiger partial charge in [0, 0.05) is 5.57 Å². The summed E-state index contributed by atoms with van der Waals surface area (Å²) in [6.07, 6.45) is -0.782. The van der Waals surface area contributed by atoms with Crippen molar-refractivity contribution in [2.75, 3.05) is 0 Å². The number of hydrogen-bond donors (Lipinski definition) is 0. The molecule has 33 heavy (non-hydrogen) atoms.